The lowest BCUT2D eigenvalue weighted by atomic mass is 9.99. The summed E-state index contributed by atoms with van der Waals surface area (Å²) in [6.45, 7) is 8.83. The fraction of sp³-hybridized carbons (Fsp3) is 0.684. The average Bonchev–Trinajstić information content (AvgIpc) is 3.07. The monoisotopic (exact) mass is 414 g/mol. The van der Waals surface area contributed by atoms with Gasteiger partial charge in [-0.1, -0.05) is 17.7 Å². The van der Waals surface area contributed by atoms with Gasteiger partial charge < -0.3 is 23.7 Å². The third-order valence-electron chi connectivity index (χ3n) is 4.95. The average molecular weight is 414 g/mol. The summed E-state index contributed by atoms with van der Waals surface area (Å²) in [5.41, 5.74) is 0.961. The lowest BCUT2D eigenvalue weighted by Gasteiger charge is -2.36. The minimum Gasteiger partial charge on any atom is -0.342 e. The normalized spacial score (nSPS) is 36.1. The molecule has 3 aliphatic rings. The summed E-state index contributed by atoms with van der Waals surface area (Å²) in [7, 11) is -3.93. The quantitative estimate of drug-likeness (QED) is 0.692. The van der Waals surface area contributed by atoms with Crippen molar-refractivity contribution < 1.29 is 36.3 Å². The molecule has 0 spiro atoms. The van der Waals surface area contributed by atoms with E-state index in [0.29, 0.717) is 0 Å². The van der Waals surface area contributed by atoms with Crippen molar-refractivity contribution in [1.29, 1.82) is 0 Å². The number of ether oxygens (including phenoxy) is 5. The van der Waals surface area contributed by atoms with Crippen LogP contribution in [0, 0.1) is 6.92 Å². The van der Waals surface area contributed by atoms with Crippen molar-refractivity contribution in [3.05, 3.63) is 29.8 Å². The fourth-order valence-corrected chi connectivity index (χ4v) is 4.68. The van der Waals surface area contributed by atoms with E-state index in [4.69, 9.17) is 27.9 Å². The van der Waals surface area contributed by atoms with Crippen LogP contribution < -0.4 is 0 Å². The molecular weight excluding hydrogens is 388 g/mol. The van der Waals surface area contributed by atoms with Gasteiger partial charge in [0.25, 0.3) is 10.1 Å². The zero-order valence-corrected chi connectivity index (χ0v) is 17.4. The Kier molecular flexibility index (Phi) is 4.86. The minimum atomic E-state index is -3.93. The van der Waals surface area contributed by atoms with Crippen molar-refractivity contribution in [2.24, 2.45) is 0 Å². The zero-order chi connectivity index (χ0) is 20.3. The smallest absolute Gasteiger partial charge is 0.297 e. The number of hydrogen-bond acceptors (Lipinski definition) is 8. The second kappa shape index (κ2) is 6.73. The Hall–Kier alpha value is -1.07. The van der Waals surface area contributed by atoms with Gasteiger partial charge in [-0.25, -0.2) is 0 Å². The number of rotatable bonds is 4. The van der Waals surface area contributed by atoms with Gasteiger partial charge >= 0.3 is 0 Å². The highest BCUT2D eigenvalue weighted by molar-refractivity contribution is 7.86. The Morgan fingerprint density at radius 3 is 2.14 bits per heavy atom. The summed E-state index contributed by atoms with van der Waals surface area (Å²) in [6, 6.07) is 6.46. The maximum absolute atomic E-state index is 12.5. The molecule has 0 radical (unpaired) electrons. The molecule has 0 saturated carbocycles. The van der Waals surface area contributed by atoms with E-state index in [0.717, 1.165) is 5.56 Å². The molecule has 0 aromatic heterocycles. The van der Waals surface area contributed by atoms with Crippen LogP contribution >= 0.6 is 0 Å². The van der Waals surface area contributed by atoms with E-state index in [2.05, 4.69) is 0 Å². The summed E-state index contributed by atoms with van der Waals surface area (Å²) in [5.74, 6) is -1.68. The molecule has 1 aromatic carbocycles. The predicted molar refractivity (Wildman–Crippen MR) is 96.8 cm³/mol. The first-order chi connectivity index (χ1) is 13.0. The van der Waals surface area contributed by atoms with Crippen LogP contribution in [0.4, 0.5) is 0 Å². The first-order valence-corrected chi connectivity index (χ1v) is 10.7. The van der Waals surface area contributed by atoms with Gasteiger partial charge in [-0.2, -0.15) is 8.42 Å². The van der Waals surface area contributed by atoms with Gasteiger partial charge in [0.05, 0.1) is 11.5 Å². The first kappa shape index (κ1) is 20.2. The minimum absolute atomic E-state index is 0.0915. The van der Waals surface area contributed by atoms with E-state index in [1.807, 2.05) is 6.92 Å². The van der Waals surface area contributed by atoms with Gasteiger partial charge in [0, 0.05) is 0 Å². The van der Waals surface area contributed by atoms with Crippen LogP contribution in [0.3, 0.4) is 0 Å². The maximum atomic E-state index is 12.5. The largest absolute Gasteiger partial charge is 0.342 e. The van der Waals surface area contributed by atoms with E-state index in [1.165, 1.54) is 12.1 Å². The molecule has 1 aromatic rings. The molecule has 3 saturated heterocycles. The van der Waals surface area contributed by atoms with E-state index >= 15 is 0 Å². The van der Waals surface area contributed by atoms with Crippen LogP contribution in [0.2, 0.25) is 0 Å². The Morgan fingerprint density at radius 2 is 1.46 bits per heavy atom. The van der Waals surface area contributed by atoms with Crippen LogP contribution in [0.25, 0.3) is 0 Å². The number of fused-ring (bicyclic) bond motifs is 3. The number of benzene rings is 1. The van der Waals surface area contributed by atoms with Gasteiger partial charge in [0.15, 0.2) is 17.9 Å². The maximum Gasteiger partial charge on any atom is 0.297 e. The highest BCUT2D eigenvalue weighted by Crippen LogP contribution is 2.44. The molecule has 0 bridgehead atoms. The van der Waals surface area contributed by atoms with Crippen molar-refractivity contribution in [3.63, 3.8) is 0 Å². The SMILES string of the molecule is Cc1ccc(S(=O)(=O)OC[C@@H]2O[C@@H]3OC(C)(C)O[C@@H]3[C@@H]3OC(C)(C)O[C@H]32)cc1. The summed E-state index contributed by atoms with van der Waals surface area (Å²) < 4.78 is 60.0. The van der Waals surface area contributed by atoms with Gasteiger partial charge in [0.2, 0.25) is 0 Å². The Balaban J connectivity index is 1.52. The summed E-state index contributed by atoms with van der Waals surface area (Å²) in [5, 5.41) is 0. The van der Waals surface area contributed by atoms with E-state index in [-0.39, 0.29) is 11.5 Å². The van der Waals surface area contributed by atoms with Crippen LogP contribution in [-0.2, 0) is 38.0 Å². The fourth-order valence-electron chi connectivity index (χ4n) is 3.76. The Morgan fingerprint density at radius 1 is 0.893 bits per heavy atom. The molecule has 4 rings (SSSR count). The predicted octanol–water partition coefficient (Wildman–Crippen LogP) is 2.10. The molecular formula is C19H26O8S. The summed E-state index contributed by atoms with van der Waals surface area (Å²) in [4.78, 5) is 0.0915. The van der Waals surface area contributed by atoms with Crippen LogP contribution in [0.5, 0.6) is 0 Å². The van der Waals surface area contributed by atoms with Gasteiger partial charge in [-0.15, -0.1) is 0 Å². The molecule has 28 heavy (non-hydrogen) atoms. The van der Waals surface area contributed by atoms with E-state index < -0.39 is 52.4 Å². The van der Waals surface area contributed by atoms with E-state index in [1.54, 1.807) is 39.8 Å². The lowest BCUT2D eigenvalue weighted by Crippen LogP contribution is -2.56. The molecule has 8 nitrogen and oxygen atoms in total. The lowest BCUT2D eigenvalue weighted by molar-refractivity contribution is -0.238. The van der Waals surface area contributed by atoms with Gasteiger partial charge in [0.1, 0.15) is 24.4 Å². The molecule has 0 unspecified atom stereocenters. The molecule has 0 amide bonds. The number of hydrogen-bond donors (Lipinski definition) is 0. The summed E-state index contributed by atoms with van der Waals surface area (Å²) in [6.07, 6.45) is -2.84. The topological polar surface area (TPSA) is 89.5 Å². The molecule has 5 atom stereocenters. The third kappa shape index (κ3) is 3.85. The van der Waals surface area contributed by atoms with Gasteiger partial charge in [-0.05, 0) is 46.8 Å². The van der Waals surface area contributed by atoms with Crippen LogP contribution in [0.15, 0.2) is 29.2 Å². The second-order valence-electron chi connectivity index (χ2n) is 8.26. The molecule has 3 fully saturated rings. The highest BCUT2D eigenvalue weighted by atomic mass is 32.2. The molecule has 3 heterocycles. The van der Waals surface area contributed by atoms with Crippen LogP contribution in [-0.4, -0.2) is 57.3 Å². The standard InChI is InChI=1S/C19H26O8S/c1-11-6-8-12(9-7-11)28(20,21)22-10-13-14-15(25-18(2,3)24-14)16-17(23-13)27-19(4,5)26-16/h6-9,13-17H,10H2,1-5H3/t13-,14-,15+,16+,17+/m0/s1. The van der Waals surface area contributed by atoms with Crippen molar-refractivity contribution in [2.45, 2.75) is 81.8 Å². The molecule has 0 N–H and O–H groups in total. The third-order valence-corrected chi connectivity index (χ3v) is 6.24. The van der Waals surface area contributed by atoms with Crippen molar-refractivity contribution in [3.8, 4) is 0 Å². The van der Waals surface area contributed by atoms with Crippen molar-refractivity contribution in [2.75, 3.05) is 6.61 Å². The van der Waals surface area contributed by atoms with E-state index in [9.17, 15) is 8.42 Å². The second-order valence-corrected chi connectivity index (χ2v) is 9.87. The molecule has 0 aliphatic carbocycles. The summed E-state index contributed by atoms with van der Waals surface area (Å²) >= 11 is 0. The van der Waals surface area contributed by atoms with Crippen molar-refractivity contribution >= 4 is 10.1 Å². The zero-order valence-electron chi connectivity index (χ0n) is 16.6. The first-order valence-electron chi connectivity index (χ1n) is 9.29. The highest BCUT2D eigenvalue weighted by Gasteiger charge is 2.60. The Labute approximate surface area is 165 Å². The molecule has 9 heteroatoms. The molecule has 3 aliphatic heterocycles. The Bertz CT molecular complexity index is 832. The molecule has 156 valence electrons. The van der Waals surface area contributed by atoms with Gasteiger partial charge in [-0.3, -0.25) is 4.18 Å². The van der Waals surface area contributed by atoms with Crippen LogP contribution in [0.1, 0.15) is 33.3 Å². The van der Waals surface area contributed by atoms with Crippen molar-refractivity contribution in [1.82, 2.24) is 0 Å². The number of aryl methyl sites for hydroxylation is 1.